The van der Waals surface area contributed by atoms with Crippen LogP contribution >= 0.6 is 0 Å². The fourth-order valence-electron chi connectivity index (χ4n) is 3.33. The summed E-state index contributed by atoms with van der Waals surface area (Å²) in [6.45, 7) is 6.27. The molecule has 0 aliphatic carbocycles. The molecule has 2 atom stereocenters. The van der Waals surface area contributed by atoms with E-state index in [2.05, 4.69) is 22.3 Å². The number of anilines is 1. The van der Waals surface area contributed by atoms with E-state index in [1.165, 1.54) is 5.69 Å². The van der Waals surface area contributed by atoms with E-state index >= 15 is 0 Å². The van der Waals surface area contributed by atoms with Crippen molar-refractivity contribution in [2.75, 3.05) is 44.3 Å². The van der Waals surface area contributed by atoms with Crippen LogP contribution in [-0.4, -0.2) is 56.2 Å². The van der Waals surface area contributed by atoms with Crippen molar-refractivity contribution in [3.8, 4) is 0 Å². The number of nitrogens with two attached hydrogens (primary N) is 1. The highest BCUT2D eigenvalue weighted by Gasteiger charge is 2.30. The van der Waals surface area contributed by atoms with Gasteiger partial charge in [0.1, 0.15) is 0 Å². The minimum atomic E-state index is -0.331. The smallest absolute Gasteiger partial charge is 0.317 e. The maximum atomic E-state index is 12.4. The molecule has 7 heteroatoms. The van der Waals surface area contributed by atoms with Crippen molar-refractivity contribution in [3.63, 3.8) is 0 Å². The summed E-state index contributed by atoms with van der Waals surface area (Å²) in [5.74, 6) is -0.559. The van der Waals surface area contributed by atoms with Crippen LogP contribution in [0.4, 0.5) is 10.5 Å². The van der Waals surface area contributed by atoms with Crippen molar-refractivity contribution in [1.82, 2.24) is 10.2 Å². The van der Waals surface area contributed by atoms with Crippen LogP contribution < -0.4 is 16.0 Å². The summed E-state index contributed by atoms with van der Waals surface area (Å²) >= 11 is 0. The van der Waals surface area contributed by atoms with Gasteiger partial charge in [0.15, 0.2) is 0 Å². The van der Waals surface area contributed by atoms with Crippen molar-refractivity contribution in [2.45, 2.75) is 19.4 Å². The van der Waals surface area contributed by atoms with Gasteiger partial charge in [-0.3, -0.25) is 4.79 Å². The van der Waals surface area contributed by atoms with Crippen molar-refractivity contribution in [3.05, 3.63) is 29.8 Å². The molecule has 1 aromatic carbocycles. The molecule has 0 aromatic heterocycles. The zero-order chi connectivity index (χ0) is 17.8. The summed E-state index contributed by atoms with van der Waals surface area (Å²) in [6, 6.07) is 8.02. The molecule has 2 fully saturated rings. The lowest BCUT2D eigenvalue weighted by Crippen LogP contribution is -2.40. The number of benzene rings is 1. The topological polar surface area (TPSA) is 87.9 Å². The van der Waals surface area contributed by atoms with Crippen LogP contribution in [0.5, 0.6) is 0 Å². The van der Waals surface area contributed by atoms with E-state index in [0.717, 1.165) is 31.9 Å². The highest BCUT2D eigenvalue weighted by atomic mass is 16.5. The van der Waals surface area contributed by atoms with Crippen LogP contribution in [0.15, 0.2) is 24.3 Å². The van der Waals surface area contributed by atoms with Gasteiger partial charge in [0, 0.05) is 31.9 Å². The number of carbonyl (C=O) groups excluding carboxylic acids is 2. The first kappa shape index (κ1) is 17.5. The average Bonchev–Trinajstić information content (AvgIpc) is 3.13. The fraction of sp³-hybridized carbons (Fsp3) is 0.556. The molecule has 2 aliphatic rings. The molecule has 0 saturated carbocycles. The molecule has 2 heterocycles. The van der Waals surface area contributed by atoms with Crippen LogP contribution in [0.1, 0.15) is 24.9 Å². The Kier molecular flexibility index (Phi) is 5.43. The molecule has 0 unspecified atom stereocenters. The highest BCUT2D eigenvalue weighted by Crippen LogP contribution is 2.21. The highest BCUT2D eigenvalue weighted by molar-refractivity contribution is 5.80. The van der Waals surface area contributed by atoms with Gasteiger partial charge in [0.2, 0.25) is 5.91 Å². The lowest BCUT2D eigenvalue weighted by molar-refractivity contribution is -0.121. The Morgan fingerprint density at radius 2 is 1.88 bits per heavy atom. The molecule has 136 valence electrons. The Morgan fingerprint density at radius 3 is 2.48 bits per heavy atom. The zero-order valence-corrected chi connectivity index (χ0v) is 14.6. The molecule has 25 heavy (non-hydrogen) atoms. The summed E-state index contributed by atoms with van der Waals surface area (Å²) in [5.41, 5.74) is 7.55. The molecule has 3 rings (SSSR count). The van der Waals surface area contributed by atoms with E-state index in [9.17, 15) is 9.59 Å². The molecule has 0 bridgehead atoms. The molecule has 3 N–H and O–H groups in total. The van der Waals surface area contributed by atoms with E-state index in [4.69, 9.17) is 10.5 Å². The third-order valence-corrected chi connectivity index (χ3v) is 4.99. The summed E-state index contributed by atoms with van der Waals surface area (Å²) in [7, 11) is 0. The number of hydrogen-bond acceptors (Lipinski definition) is 4. The number of carbonyl (C=O) groups is 2. The van der Waals surface area contributed by atoms with Crippen molar-refractivity contribution < 1.29 is 14.3 Å². The van der Waals surface area contributed by atoms with Gasteiger partial charge < -0.3 is 25.6 Å². The van der Waals surface area contributed by atoms with Gasteiger partial charge in [-0.05, 0) is 31.0 Å². The normalized spacial score (nSPS) is 21.9. The zero-order valence-electron chi connectivity index (χ0n) is 14.6. The first-order chi connectivity index (χ1) is 12.0. The van der Waals surface area contributed by atoms with Gasteiger partial charge >= 0.3 is 6.03 Å². The van der Waals surface area contributed by atoms with Gasteiger partial charge in [-0.15, -0.1) is 0 Å². The second-order valence-electron chi connectivity index (χ2n) is 6.70. The number of primary amides is 1. The Labute approximate surface area is 148 Å². The summed E-state index contributed by atoms with van der Waals surface area (Å²) in [4.78, 5) is 27.5. The lowest BCUT2D eigenvalue weighted by atomic mass is 10.1. The van der Waals surface area contributed by atoms with Crippen LogP contribution in [0.3, 0.4) is 0 Å². The van der Waals surface area contributed by atoms with E-state index < -0.39 is 0 Å². The molecular weight excluding hydrogens is 320 g/mol. The third kappa shape index (κ3) is 4.22. The Balaban J connectivity index is 1.55. The number of urea groups is 1. The molecule has 7 nitrogen and oxygen atoms in total. The number of likely N-dealkylation sites (tertiary alicyclic amines) is 1. The molecule has 0 spiro atoms. The monoisotopic (exact) mass is 346 g/mol. The van der Waals surface area contributed by atoms with Gasteiger partial charge in [-0.1, -0.05) is 12.1 Å². The Hall–Kier alpha value is -2.28. The van der Waals surface area contributed by atoms with E-state index in [-0.39, 0.29) is 23.9 Å². The largest absolute Gasteiger partial charge is 0.378 e. The van der Waals surface area contributed by atoms with Gasteiger partial charge in [0.25, 0.3) is 0 Å². The summed E-state index contributed by atoms with van der Waals surface area (Å²) in [5, 5.41) is 3.00. The standard InChI is InChI=1S/C18H26N4O3/c1-13(20-18(24)22-7-6-15(12-22)17(19)23)14-2-4-16(5-3-14)21-8-10-25-11-9-21/h2-5,13,15H,6-12H2,1H3,(H2,19,23)(H,20,24)/t13-,15-/m0/s1. The Bertz CT molecular complexity index is 613. The van der Waals surface area contributed by atoms with E-state index in [1.807, 2.05) is 19.1 Å². The number of nitrogens with one attached hydrogen (secondary N) is 1. The van der Waals surface area contributed by atoms with Crippen LogP contribution in [0, 0.1) is 5.92 Å². The van der Waals surface area contributed by atoms with E-state index in [0.29, 0.717) is 19.5 Å². The molecule has 1 aromatic rings. The number of morpholine rings is 1. The molecule has 0 radical (unpaired) electrons. The predicted octanol–water partition coefficient (Wildman–Crippen LogP) is 1.10. The number of amides is 3. The van der Waals surface area contributed by atoms with Crippen LogP contribution in [0.2, 0.25) is 0 Å². The van der Waals surface area contributed by atoms with Crippen molar-refractivity contribution >= 4 is 17.6 Å². The minimum absolute atomic E-state index is 0.0983. The lowest BCUT2D eigenvalue weighted by Gasteiger charge is -2.29. The predicted molar refractivity (Wildman–Crippen MR) is 95.3 cm³/mol. The van der Waals surface area contributed by atoms with Crippen molar-refractivity contribution in [2.24, 2.45) is 11.7 Å². The van der Waals surface area contributed by atoms with Crippen LogP contribution in [0.25, 0.3) is 0 Å². The van der Waals surface area contributed by atoms with Crippen molar-refractivity contribution in [1.29, 1.82) is 0 Å². The second kappa shape index (κ2) is 7.74. The molecule has 2 saturated heterocycles. The summed E-state index contributed by atoms with van der Waals surface area (Å²) < 4.78 is 5.38. The van der Waals surface area contributed by atoms with Gasteiger partial charge in [0.05, 0.1) is 25.2 Å². The number of hydrogen-bond donors (Lipinski definition) is 2. The molecular formula is C18H26N4O3. The average molecular weight is 346 g/mol. The fourth-order valence-corrected chi connectivity index (χ4v) is 3.33. The first-order valence-electron chi connectivity index (χ1n) is 8.82. The number of rotatable bonds is 4. The summed E-state index contributed by atoms with van der Waals surface area (Å²) in [6.07, 6.45) is 0.644. The SMILES string of the molecule is C[C@H](NC(=O)N1CC[C@H](C(N)=O)C1)c1ccc(N2CCOCC2)cc1. The maximum absolute atomic E-state index is 12.4. The first-order valence-corrected chi connectivity index (χ1v) is 8.82. The van der Waals surface area contributed by atoms with Crippen LogP contribution in [-0.2, 0) is 9.53 Å². The van der Waals surface area contributed by atoms with E-state index in [1.54, 1.807) is 4.90 Å². The maximum Gasteiger partial charge on any atom is 0.317 e. The molecule has 2 aliphatic heterocycles. The van der Waals surface area contributed by atoms with Gasteiger partial charge in [-0.2, -0.15) is 0 Å². The third-order valence-electron chi connectivity index (χ3n) is 4.99. The quantitative estimate of drug-likeness (QED) is 0.855. The van der Waals surface area contributed by atoms with Gasteiger partial charge in [-0.25, -0.2) is 4.79 Å². The number of nitrogens with zero attached hydrogens (tertiary/aromatic N) is 2. The number of ether oxygens (including phenoxy) is 1. The Morgan fingerprint density at radius 1 is 1.20 bits per heavy atom. The minimum Gasteiger partial charge on any atom is -0.378 e. The second-order valence-corrected chi connectivity index (χ2v) is 6.70. The molecule has 3 amide bonds.